The number of rotatable bonds is 7. The number of allylic oxidation sites excluding steroid dienone is 1. The number of carbonyl (C=O) groups is 4. The van der Waals surface area contributed by atoms with Gasteiger partial charge in [-0.25, -0.2) is 4.79 Å². The van der Waals surface area contributed by atoms with Crippen molar-refractivity contribution >= 4 is 46.8 Å². The van der Waals surface area contributed by atoms with E-state index < -0.39 is 61.3 Å². The summed E-state index contributed by atoms with van der Waals surface area (Å²) >= 11 is 6.99. The summed E-state index contributed by atoms with van der Waals surface area (Å²) in [5, 5.41) is 1.20. The van der Waals surface area contributed by atoms with Crippen LogP contribution in [0.5, 0.6) is 5.75 Å². The second kappa shape index (κ2) is 11.5. The Labute approximate surface area is 239 Å². The number of aromatic nitrogens is 1. The number of imide groups is 1. The minimum Gasteiger partial charge on any atom is -0.474 e. The van der Waals surface area contributed by atoms with Crippen molar-refractivity contribution in [3.8, 4) is 17.0 Å². The number of halogens is 4. The highest BCUT2D eigenvalue weighted by Crippen LogP contribution is 2.39. The molecular weight excluding hydrogens is 595 g/mol. The monoisotopic (exact) mass is 617 g/mol. The average molecular weight is 618 g/mol. The smallest absolute Gasteiger partial charge is 0.474 e. The van der Waals surface area contributed by atoms with Crippen LogP contribution in [-0.4, -0.2) is 71.4 Å². The predicted molar refractivity (Wildman–Crippen MR) is 137 cm³/mol. The number of hydrogen-bond acceptors (Lipinski definition) is 9. The molecule has 4 rings (SSSR count). The van der Waals surface area contributed by atoms with Gasteiger partial charge in [0.1, 0.15) is 11.7 Å². The quantitative estimate of drug-likeness (QED) is 0.467. The normalized spacial score (nSPS) is 19.5. The maximum Gasteiger partial charge on any atom is 0.573 e. The number of ether oxygens (including phenoxy) is 3. The fourth-order valence-electron chi connectivity index (χ4n) is 4.32. The Balaban J connectivity index is 1.66. The van der Waals surface area contributed by atoms with Crippen molar-refractivity contribution in [3.63, 3.8) is 0 Å². The van der Waals surface area contributed by atoms with Crippen molar-refractivity contribution in [2.24, 2.45) is 16.6 Å². The summed E-state index contributed by atoms with van der Waals surface area (Å²) in [6.07, 6.45) is -6.14. The topological polar surface area (TPSA) is 146 Å². The lowest BCUT2D eigenvalue weighted by atomic mass is 9.92. The van der Waals surface area contributed by atoms with E-state index in [1.807, 2.05) is 0 Å². The lowest BCUT2D eigenvalue weighted by Gasteiger charge is -2.37. The molecule has 2 aliphatic rings. The number of carbonyl (C=O) groups excluding carboxylic acids is 4. The number of amides is 4. The lowest BCUT2D eigenvalue weighted by Crippen LogP contribution is -2.58. The molecule has 0 radical (unpaired) electrons. The van der Waals surface area contributed by atoms with E-state index in [0.29, 0.717) is 22.6 Å². The second-order valence-corrected chi connectivity index (χ2v) is 10.2. The number of nitrogens with zero attached hydrogens (tertiary/aromatic N) is 4. The third-order valence-corrected chi connectivity index (χ3v) is 7.47. The molecule has 3 heterocycles. The Kier molecular flexibility index (Phi) is 8.46. The van der Waals surface area contributed by atoms with E-state index in [0.717, 1.165) is 22.3 Å². The van der Waals surface area contributed by atoms with Gasteiger partial charge in [0.05, 0.1) is 29.4 Å². The van der Waals surface area contributed by atoms with Gasteiger partial charge in [0.2, 0.25) is 5.91 Å². The van der Waals surface area contributed by atoms with Crippen molar-refractivity contribution in [2.75, 3.05) is 20.6 Å². The molecule has 0 spiro atoms. The molecule has 220 valence electrons. The molecule has 1 aromatic heterocycles. The van der Waals surface area contributed by atoms with Gasteiger partial charge in [-0.15, -0.1) is 24.5 Å². The molecule has 17 heteroatoms. The first kappa shape index (κ1) is 30.1. The number of urea groups is 1. The van der Waals surface area contributed by atoms with Gasteiger partial charge in [0.15, 0.2) is 17.8 Å². The molecule has 0 aliphatic carbocycles. The zero-order valence-corrected chi connectivity index (χ0v) is 23.3. The van der Waals surface area contributed by atoms with Gasteiger partial charge in [0.25, 0.3) is 5.91 Å². The van der Waals surface area contributed by atoms with E-state index in [4.69, 9.17) is 26.8 Å². The van der Waals surface area contributed by atoms with E-state index in [1.54, 1.807) is 6.92 Å². The number of thiazole rings is 1. The Morgan fingerprint density at radius 2 is 1.95 bits per heavy atom. The molecule has 4 amide bonds. The zero-order chi connectivity index (χ0) is 30.2. The number of alkyl halides is 3. The van der Waals surface area contributed by atoms with Gasteiger partial charge in [-0.1, -0.05) is 11.6 Å². The van der Waals surface area contributed by atoms with Crippen LogP contribution in [0.4, 0.5) is 18.0 Å². The van der Waals surface area contributed by atoms with E-state index in [2.05, 4.69) is 9.73 Å². The van der Waals surface area contributed by atoms with E-state index in [-0.39, 0.29) is 16.2 Å². The molecule has 0 saturated carbocycles. The molecule has 2 aromatic rings. The Morgan fingerprint density at radius 3 is 2.59 bits per heavy atom. The van der Waals surface area contributed by atoms with Gasteiger partial charge in [0, 0.05) is 25.0 Å². The molecule has 2 N–H and O–H groups in total. The van der Waals surface area contributed by atoms with Crippen molar-refractivity contribution in [1.29, 1.82) is 0 Å². The Morgan fingerprint density at radius 1 is 1.24 bits per heavy atom. The summed E-state index contributed by atoms with van der Waals surface area (Å²) in [5.41, 5.74) is 6.30. The standard InChI is InChI=1S/C24H23ClF3N5O7S/c1-11-13(19-20(36)31(2)23(37)32(3)21(19)39-11)7-17(34)30-22-33(10-38-18(35)8-29)15(9-41-22)12-4-5-16(14(25)6-12)40-24(26,27)28/h4-6,9,19,21H,7-8,10,29H2,1-3H3. The number of hydrogen-bond donors (Lipinski definition) is 1. The van der Waals surface area contributed by atoms with Crippen LogP contribution in [0.15, 0.2) is 39.9 Å². The van der Waals surface area contributed by atoms with Gasteiger partial charge >= 0.3 is 18.4 Å². The minimum absolute atomic E-state index is 0.0784. The van der Waals surface area contributed by atoms with Crippen molar-refractivity contribution in [3.05, 3.63) is 44.7 Å². The molecule has 12 nitrogen and oxygen atoms in total. The highest BCUT2D eigenvalue weighted by Gasteiger charge is 2.51. The third kappa shape index (κ3) is 6.23. The van der Waals surface area contributed by atoms with Crippen LogP contribution < -0.4 is 15.3 Å². The molecule has 1 fully saturated rings. The summed E-state index contributed by atoms with van der Waals surface area (Å²) < 4.78 is 54.0. The maximum absolute atomic E-state index is 13.1. The van der Waals surface area contributed by atoms with E-state index >= 15 is 0 Å². The Bertz CT molecular complexity index is 1520. The largest absolute Gasteiger partial charge is 0.573 e. The van der Waals surface area contributed by atoms with Gasteiger partial charge in [-0.3, -0.25) is 28.8 Å². The third-order valence-electron chi connectivity index (χ3n) is 6.31. The predicted octanol–water partition coefficient (Wildman–Crippen LogP) is 2.82. The summed E-state index contributed by atoms with van der Waals surface area (Å²) in [7, 11) is 2.82. The maximum atomic E-state index is 13.1. The number of esters is 1. The molecular formula is C24H23ClF3N5O7S. The van der Waals surface area contributed by atoms with Gasteiger partial charge in [-0.05, 0) is 30.7 Å². The minimum atomic E-state index is -4.95. The molecule has 2 aliphatic heterocycles. The summed E-state index contributed by atoms with van der Waals surface area (Å²) in [5.74, 6) is -3.13. The number of fused-ring (bicyclic) bond motifs is 1. The zero-order valence-electron chi connectivity index (χ0n) is 21.7. The second-order valence-electron chi connectivity index (χ2n) is 8.91. The van der Waals surface area contributed by atoms with E-state index in [1.165, 1.54) is 41.1 Å². The van der Waals surface area contributed by atoms with Gasteiger partial charge < -0.3 is 19.9 Å². The van der Waals surface area contributed by atoms with Gasteiger partial charge in [-0.2, -0.15) is 4.99 Å². The average Bonchev–Trinajstić information content (AvgIpc) is 3.45. The fraction of sp³-hybridized carbons (Fsp3) is 0.375. The molecule has 0 bridgehead atoms. The molecule has 1 aromatic carbocycles. The summed E-state index contributed by atoms with van der Waals surface area (Å²) in [6.45, 7) is 0.736. The summed E-state index contributed by atoms with van der Waals surface area (Å²) in [4.78, 5) is 56.4. The summed E-state index contributed by atoms with van der Waals surface area (Å²) in [6, 6.07) is 2.99. The SMILES string of the molecule is CC1=C(CC(=O)N=c2scc(-c3ccc(OC(F)(F)F)c(Cl)c3)n2COC(=O)CN)C2C(=O)N(C)C(=O)N(C)C2O1. The van der Waals surface area contributed by atoms with Crippen LogP contribution in [0.2, 0.25) is 5.02 Å². The van der Waals surface area contributed by atoms with Crippen LogP contribution in [0, 0.1) is 5.92 Å². The van der Waals surface area contributed by atoms with Crippen LogP contribution >= 0.6 is 22.9 Å². The highest BCUT2D eigenvalue weighted by molar-refractivity contribution is 7.07. The van der Waals surface area contributed by atoms with Crippen molar-refractivity contribution in [2.45, 2.75) is 32.7 Å². The lowest BCUT2D eigenvalue weighted by molar-refractivity contribution is -0.274. The molecule has 41 heavy (non-hydrogen) atoms. The first-order valence-corrected chi connectivity index (χ1v) is 13.1. The van der Waals surface area contributed by atoms with Crippen LogP contribution in [0.1, 0.15) is 13.3 Å². The fourth-order valence-corrected chi connectivity index (χ4v) is 5.45. The molecule has 1 saturated heterocycles. The van der Waals surface area contributed by atoms with Crippen LogP contribution in [-0.2, 0) is 30.6 Å². The van der Waals surface area contributed by atoms with E-state index in [9.17, 15) is 32.3 Å². The Hall–Kier alpha value is -3.89. The van der Waals surface area contributed by atoms with Crippen LogP contribution in [0.3, 0.4) is 0 Å². The van der Waals surface area contributed by atoms with Crippen molar-refractivity contribution in [1.82, 2.24) is 14.4 Å². The number of nitrogens with two attached hydrogens (primary N) is 1. The first-order valence-electron chi connectivity index (χ1n) is 11.8. The van der Waals surface area contributed by atoms with Crippen LogP contribution in [0.25, 0.3) is 11.3 Å². The first-order chi connectivity index (χ1) is 19.2. The highest BCUT2D eigenvalue weighted by atomic mass is 35.5. The molecule has 2 unspecified atom stereocenters. The number of benzene rings is 1. The molecule has 2 atom stereocenters. The van der Waals surface area contributed by atoms with Crippen molar-refractivity contribution < 1.29 is 46.6 Å².